The lowest BCUT2D eigenvalue weighted by Gasteiger charge is -2.45. The highest BCUT2D eigenvalue weighted by Gasteiger charge is 2.51. The Kier molecular flexibility index (Phi) is 14.0. The molecule has 2 rings (SSSR count). The quantitative estimate of drug-likeness (QED) is 0.103. The number of rotatable bonds is 15. The third kappa shape index (κ3) is 8.83. The average molecular weight is 525 g/mol. The van der Waals surface area contributed by atoms with Crippen molar-refractivity contribution in [3.05, 3.63) is 0 Å². The molecule has 0 saturated carbocycles. The molecule has 2 fully saturated rings. The molecule has 0 radical (unpaired) electrons. The largest absolute Gasteiger partial charge is 0.454 e. The number of aliphatic hydroxyl groups excluding tert-OH is 7. The Morgan fingerprint density at radius 3 is 1.72 bits per heavy atom. The Morgan fingerprint density at radius 1 is 0.667 bits per heavy atom. The van der Waals surface area contributed by atoms with Gasteiger partial charge in [0.15, 0.2) is 12.4 Å². The van der Waals surface area contributed by atoms with Crippen LogP contribution >= 0.6 is 0 Å². The summed E-state index contributed by atoms with van der Waals surface area (Å²) in [7, 11) is 0. The van der Waals surface area contributed by atoms with Crippen LogP contribution in [0.25, 0.3) is 0 Å². The molecule has 2 aliphatic rings. The minimum absolute atomic E-state index is 0.0747. The van der Waals surface area contributed by atoms with Gasteiger partial charge in [-0.2, -0.15) is 0 Å². The van der Waals surface area contributed by atoms with Gasteiger partial charge in [-0.05, 0) is 6.42 Å². The molecule has 0 aromatic rings. The summed E-state index contributed by atoms with van der Waals surface area (Å²) in [5.41, 5.74) is 0. The molecule has 10 atom stereocenters. The maximum absolute atomic E-state index is 12.5. The topological polar surface area (TPSA) is 196 Å². The Hall–Kier alpha value is -0.930. The molecule has 0 spiro atoms. The number of esters is 1. The van der Waals surface area contributed by atoms with E-state index in [4.69, 9.17) is 18.9 Å². The van der Waals surface area contributed by atoms with Gasteiger partial charge in [0.05, 0.1) is 13.2 Å². The lowest BCUT2D eigenvalue weighted by atomic mass is 9.98. The highest BCUT2D eigenvalue weighted by atomic mass is 16.8. The molecule has 2 heterocycles. The standard InChI is InChI=1S/C24H44O12/c1-2-3-4-5-6-7-8-9-10-11-16(27)35-22-20(31)18(29)15(13-26)34-24(22)36-23-21(32)19(30)17(28)14(12-25)33-23/h14-15,17-26,28-32H,2-13H2,1H3/t14-,15-,17-,18-,19+,20+,21-,22-,23-,24-/m1/s1. The van der Waals surface area contributed by atoms with Gasteiger partial charge in [-0.3, -0.25) is 4.79 Å². The van der Waals surface area contributed by atoms with E-state index < -0.39 is 80.6 Å². The van der Waals surface area contributed by atoms with Crippen molar-refractivity contribution < 1.29 is 59.5 Å². The van der Waals surface area contributed by atoms with Gasteiger partial charge in [-0.1, -0.05) is 58.3 Å². The van der Waals surface area contributed by atoms with E-state index in [0.29, 0.717) is 6.42 Å². The Balaban J connectivity index is 1.91. The second kappa shape index (κ2) is 16.1. The second-order valence-corrected chi connectivity index (χ2v) is 9.57. The summed E-state index contributed by atoms with van der Waals surface area (Å²) in [6, 6.07) is 0. The predicted molar refractivity (Wildman–Crippen MR) is 124 cm³/mol. The van der Waals surface area contributed by atoms with Gasteiger partial charge in [0.1, 0.15) is 42.7 Å². The third-order valence-corrected chi connectivity index (χ3v) is 6.69. The van der Waals surface area contributed by atoms with Crippen LogP contribution in [0.1, 0.15) is 71.1 Å². The first-order valence-corrected chi connectivity index (χ1v) is 13.0. The third-order valence-electron chi connectivity index (χ3n) is 6.69. The smallest absolute Gasteiger partial charge is 0.306 e. The molecule has 36 heavy (non-hydrogen) atoms. The number of ether oxygens (including phenoxy) is 4. The fraction of sp³-hybridized carbons (Fsp3) is 0.958. The predicted octanol–water partition coefficient (Wildman–Crippen LogP) is -0.925. The Morgan fingerprint density at radius 2 is 1.17 bits per heavy atom. The van der Waals surface area contributed by atoms with Crippen LogP contribution in [0, 0.1) is 0 Å². The highest BCUT2D eigenvalue weighted by molar-refractivity contribution is 5.69. The first kappa shape index (κ1) is 31.3. The summed E-state index contributed by atoms with van der Waals surface area (Å²) in [6.45, 7) is 0.798. The number of unbranched alkanes of at least 4 members (excludes halogenated alkanes) is 8. The van der Waals surface area contributed by atoms with Gasteiger partial charge in [-0.25, -0.2) is 0 Å². The zero-order valence-corrected chi connectivity index (χ0v) is 20.9. The van der Waals surface area contributed by atoms with Crippen molar-refractivity contribution in [1.82, 2.24) is 0 Å². The van der Waals surface area contributed by atoms with Gasteiger partial charge in [0.2, 0.25) is 6.29 Å². The molecule has 212 valence electrons. The van der Waals surface area contributed by atoms with E-state index in [1.165, 1.54) is 25.7 Å². The molecule has 12 heteroatoms. The van der Waals surface area contributed by atoms with E-state index in [1.54, 1.807) is 0 Å². The molecule has 2 saturated heterocycles. The van der Waals surface area contributed by atoms with Crippen LogP contribution in [0.15, 0.2) is 0 Å². The van der Waals surface area contributed by atoms with Crippen LogP contribution in [-0.4, -0.2) is 116 Å². The number of aliphatic hydroxyl groups is 7. The van der Waals surface area contributed by atoms with Crippen LogP contribution in [0.2, 0.25) is 0 Å². The molecule has 0 aliphatic carbocycles. The average Bonchev–Trinajstić information content (AvgIpc) is 2.87. The first-order chi connectivity index (χ1) is 17.2. The van der Waals surface area contributed by atoms with Crippen molar-refractivity contribution in [1.29, 1.82) is 0 Å². The lowest BCUT2D eigenvalue weighted by Crippen LogP contribution is -2.64. The summed E-state index contributed by atoms with van der Waals surface area (Å²) in [6.07, 6.45) is -6.01. The minimum atomic E-state index is -1.76. The molecule has 0 bridgehead atoms. The van der Waals surface area contributed by atoms with Crippen molar-refractivity contribution >= 4 is 5.97 Å². The fourth-order valence-corrected chi connectivity index (χ4v) is 4.39. The summed E-state index contributed by atoms with van der Waals surface area (Å²) in [4.78, 5) is 12.5. The molecule has 2 aliphatic heterocycles. The summed E-state index contributed by atoms with van der Waals surface area (Å²) >= 11 is 0. The number of hydrogen-bond donors (Lipinski definition) is 7. The number of carbonyl (C=O) groups excluding carboxylic acids is 1. The zero-order chi connectivity index (χ0) is 26.7. The number of carbonyl (C=O) groups is 1. The van der Waals surface area contributed by atoms with Crippen LogP contribution in [0.4, 0.5) is 0 Å². The van der Waals surface area contributed by atoms with E-state index in [-0.39, 0.29) is 6.42 Å². The molecule has 0 aromatic heterocycles. The summed E-state index contributed by atoms with van der Waals surface area (Å²) in [5.74, 6) is -0.650. The van der Waals surface area contributed by atoms with Crippen LogP contribution < -0.4 is 0 Å². The molecular weight excluding hydrogens is 480 g/mol. The fourth-order valence-electron chi connectivity index (χ4n) is 4.39. The van der Waals surface area contributed by atoms with Gasteiger partial charge in [-0.15, -0.1) is 0 Å². The first-order valence-electron chi connectivity index (χ1n) is 13.0. The summed E-state index contributed by atoms with van der Waals surface area (Å²) < 4.78 is 21.6. The molecule has 0 amide bonds. The normalized spacial score (nSPS) is 37.1. The second-order valence-electron chi connectivity index (χ2n) is 9.57. The van der Waals surface area contributed by atoms with Crippen molar-refractivity contribution in [2.75, 3.05) is 13.2 Å². The summed E-state index contributed by atoms with van der Waals surface area (Å²) in [5, 5.41) is 69.8. The maximum atomic E-state index is 12.5. The number of hydrogen-bond acceptors (Lipinski definition) is 12. The Labute approximate surface area is 211 Å². The van der Waals surface area contributed by atoms with Crippen molar-refractivity contribution in [3.8, 4) is 0 Å². The van der Waals surface area contributed by atoms with Crippen LogP contribution in [0.3, 0.4) is 0 Å². The van der Waals surface area contributed by atoms with Crippen LogP contribution in [0.5, 0.6) is 0 Å². The van der Waals surface area contributed by atoms with Crippen molar-refractivity contribution in [2.24, 2.45) is 0 Å². The molecule has 7 N–H and O–H groups in total. The van der Waals surface area contributed by atoms with Gasteiger partial charge in [0, 0.05) is 6.42 Å². The SMILES string of the molecule is CCCCCCCCCCCC(=O)O[C@H]1[C@@H](O[C@H]2O[C@H](CO)[C@@H](O)[C@H](O)[C@H]2O)O[C@H](CO)[C@@H](O)[C@@H]1O. The minimum Gasteiger partial charge on any atom is -0.454 e. The van der Waals surface area contributed by atoms with E-state index in [9.17, 15) is 40.5 Å². The highest BCUT2D eigenvalue weighted by Crippen LogP contribution is 2.29. The lowest BCUT2D eigenvalue weighted by molar-refractivity contribution is -0.376. The van der Waals surface area contributed by atoms with E-state index in [2.05, 4.69) is 6.92 Å². The maximum Gasteiger partial charge on any atom is 0.306 e. The van der Waals surface area contributed by atoms with Crippen molar-refractivity contribution in [3.63, 3.8) is 0 Å². The zero-order valence-electron chi connectivity index (χ0n) is 20.9. The van der Waals surface area contributed by atoms with Gasteiger partial charge >= 0.3 is 5.97 Å². The molecular formula is C24H44O12. The Bertz CT molecular complexity index is 620. The monoisotopic (exact) mass is 524 g/mol. The molecule has 12 nitrogen and oxygen atoms in total. The van der Waals surface area contributed by atoms with Crippen LogP contribution in [-0.2, 0) is 23.7 Å². The van der Waals surface area contributed by atoms with E-state index >= 15 is 0 Å². The van der Waals surface area contributed by atoms with Gasteiger partial charge < -0.3 is 54.7 Å². The van der Waals surface area contributed by atoms with E-state index in [1.807, 2.05) is 0 Å². The van der Waals surface area contributed by atoms with Gasteiger partial charge in [0.25, 0.3) is 0 Å². The molecule has 0 unspecified atom stereocenters. The molecule has 0 aromatic carbocycles. The van der Waals surface area contributed by atoms with Crippen molar-refractivity contribution in [2.45, 2.75) is 133 Å². The van der Waals surface area contributed by atoms with E-state index in [0.717, 1.165) is 25.7 Å².